The van der Waals surface area contributed by atoms with Crippen molar-refractivity contribution in [2.75, 3.05) is 21.0 Å². The molecule has 0 amide bonds. The zero-order chi connectivity index (χ0) is 22.0. The van der Waals surface area contributed by atoms with Gasteiger partial charge in [-0.1, -0.05) is 0 Å². The zero-order valence-corrected chi connectivity index (χ0v) is 23.0. The van der Waals surface area contributed by atoms with Crippen molar-refractivity contribution in [3.63, 3.8) is 0 Å². The van der Waals surface area contributed by atoms with Crippen LogP contribution in [0.2, 0.25) is 13.3 Å². The van der Waals surface area contributed by atoms with E-state index in [1.807, 2.05) is 0 Å². The standard InChI is InChI=1S/C14H15O3.3C4H9.Sn/c1-10-7-11-5-4-6-12(17-9-15-2)14(11)13(8-10)16-3;3*1-3-4-2;/h4-5,7-8H,9H2,1-3H3;3*1,3-4H2,2H3;. The van der Waals surface area contributed by atoms with Gasteiger partial charge in [0, 0.05) is 0 Å². The van der Waals surface area contributed by atoms with Crippen LogP contribution in [0.1, 0.15) is 64.9 Å². The van der Waals surface area contributed by atoms with E-state index in [0.717, 1.165) is 16.9 Å². The van der Waals surface area contributed by atoms with Crippen molar-refractivity contribution in [2.45, 2.75) is 79.5 Å². The normalized spacial score (nSPS) is 11.8. The van der Waals surface area contributed by atoms with Crippen molar-refractivity contribution in [1.82, 2.24) is 0 Å². The second-order valence-corrected chi connectivity index (χ2v) is 21.8. The number of hydrogen-bond acceptors (Lipinski definition) is 3. The van der Waals surface area contributed by atoms with Crippen LogP contribution < -0.4 is 13.1 Å². The summed E-state index contributed by atoms with van der Waals surface area (Å²) < 4.78 is 23.4. The summed E-state index contributed by atoms with van der Waals surface area (Å²) in [4.78, 5) is 0. The SMILES string of the molecule is CCC[CH2][Sn]([CH2]CCC)([CH2]CCC)[c]1ccc2cc(C)cc(OC)c2c1OCOC. The van der Waals surface area contributed by atoms with Gasteiger partial charge in [-0.15, -0.1) is 0 Å². The molecule has 2 rings (SSSR count). The molecule has 4 heteroatoms. The van der Waals surface area contributed by atoms with Crippen molar-refractivity contribution in [3.8, 4) is 11.5 Å². The van der Waals surface area contributed by atoms with E-state index in [-0.39, 0.29) is 6.79 Å². The first kappa shape index (κ1) is 25.3. The molecular formula is C26H42O3Sn. The summed E-state index contributed by atoms with van der Waals surface area (Å²) in [6.45, 7) is 9.37. The van der Waals surface area contributed by atoms with Gasteiger partial charge < -0.3 is 0 Å². The van der Waals surface area contributed by atoms with Gasteiger partial charge in [0.1, 0.15) is 0 Å². The van der Waals surface area contributed by atoms with Crippen LogP contribution in [0.3, 0.4) is 0 Å². The molecule has 0 radical (unpaired) electrons. The molecule has 0 aliphatic heterocycles. The molecule has 0 atom stereocenters. The van der Waals surface area contributed by atoms with Gasteiger partial charge >= 0.3 is 189 Å². The van der Waals surface area contributed by atoms with Gasteiger partial charge in [-0.25, -0.2) is 0 Å². The van der Waals surface area contributed by atoms with Crippen molar-refractivity contribution in [3.05, 3.63) is 29.8 Å². The molecule has 0 heterocycles. The first-order valence-corrected chi connectivity index (χ1v) is 19.3. The number of fused-ring (bicyclic) bond motifs is 1. The second-order valence-electron chi connectivity index (χ2n) is 8.65. The fourth-order valence-electron chi connectivity index (χ4n) is 4.71. The van der Waals surface area contributed by atoms with Gasteiger partial charge in [-0.3, -0.25) is 0 Å². The third-order valence-corrected chi connectivity index (χ3v) is 21.9. The molecule has 0 aliphatic rings. The number of methoxy groups -OCH3 is 2. The first-order valence-electron chi connectivity index (χ1n) is 11.8. The zero-order valence-electron chi connectivity index (χ0n) is 20.1. The Balaban J connectivity index is 2.77. The second kappa shape index (κ2) is 12.8. The quantitative estimate of drug-likeness (QED) is 0.195. The van der Waals surface area contributed by atoms with Crippen LogP contribution in [0.5, 0.6) is 11.5 Å². The molecule has 0 N–H and O–H groups in total. The summed E-state index contributed by atoms with van der Waals surface area (Å²) in [7, 11) is 3.47. The van der Waals surface area contributed by atoms with E-state index < -0.39 is 18.4 Å². The number of hydrogen-bond donors (Lipinski definition) is 0. The van der Waals surface area contributed by atoms with Gasteiger partial charge in [0.05, 0.1) is 0 Å². The third-order valence-electron chi connectivity index (χ3n) is 6.32. The summed E-state index contributed by atoms with van der Waals surface area (Å²) in [5.74, 6) is 1.96. The number of benzene rings is 2. The molecule has 2 aromatic rings. The molecule has 0 spiro atoms. The van der Waals surface area contributed by atoms with Crippen molar-refractivity contribution in [1.29, 1.82) is 0 Å². The first-order chi connectivity index (χ1) is 14.6. The fourth-order valence-corrected chi connectivity index (χ4v) is 21.2. The Bertz CT molecular complexity index is 766. The predicted octanol–water partition coefficient (Wildman–Crippen LogP) is 7.20. The summed E-state index contributed by atoms with van der Waals surface area (Å²) >= 11 is -2.69. The predicted molar refractivity (Wildman–Crippen MR) is 132 cm³/mol. The molecule has 3 nitrogen and oxygen atoms in total. The fraction of sp³-hybridized carbons (Fsp3) is 0.615. The molecule has 0 fully saturated rings. The Kier molecular flexibility index (Phi) is 10.8. The summed E-state index contributed by atoms with van der Waals surface area (Å²) in [6, 6.07) is 9.11. The summed E-state index contributed by atoms with van der Waals surface area (Å²) in [5, 5.41) is 2.33. The molecule has 0 unspecified atom stereocenters. The van der Waals surface area contributed by atoms with Gasteiger partial charge in [-0.2, -0.15) is 0 Å². The van der Waals surface area contributed by atoms with Crippen molar-refractivity contribution < 1.29 is 14.2 Å². The van der Waals surface area contributed by atoms with E-state index in [9.17, 15) is 0 Å². The van der Waals surface area contributed by atoms with E-state index in [0.29, 0.717) is 0 Å². The molecule has 0 aromatic heterocycles. The van der Waals surface area contributed by atoms with E-state index in [4.69, 9.17) is 14.2 Å². The Morgan fingerprint density at radius 1 is 0.833 bits per heavy atom. The van der Waals surface area contributed by atoms with Gasteiger partial charge in [0.2, 0.25) is 0 Å². The van der Waals surface area contributed by atoms with E-state index in [2.05, 4.69) is 52.0 Å². The minimum absolute atomic E-state index is 0.278. The number of ether oxygens (including phenoxy) is 3. The number of unbranched alkanes of at least 4 members (excludes halogenated alkanes) is 3. The van der Waals surface area contributed by atoms with Crippen LogP contribution >= 0.6 is 0 Å². The van der Waals surface area contributed by atoms with Crippen LogP contribution in [0, 0.1) is 6.92 Å². The summed E-state index contributed by atoms with van der Waals surface area (Å²) in [5.41, 5.74) is 1.21. The maximum atomic E-state index is 6.38. The molecule has 0 aliphatic carbocycles. The molecular weight excluding hydrogens is 479 g/mol. The molecule has 0 saturated heterocycles. The molecule has 168 valence electrons. The van der Waals surface area contributed by atoms with Crippen LogP contribution in [-0.4, -0.2) is 39.4 Å². The van der Waals surface area contributed by atoms with E-state index >= 15 is 0 Å². The van der Waals surface area contributed by atoms with Crippen LogP contribution in [-0.2, 0) is 4.74 Å². The third kappa shape index (κ3) is 6.06. The van der Waals surface area contributed by atoms with Gasteiger partial charge in [0.25, 0.3) is 0 Å². The summed E-state index contributed by atoms with van der Waals surface area (Å²) in [6.07, 6.45) is 7.78. The average Bonchev–Trinajstić information content (AvgIpc) is 2.76. The average molecular weight is 521 g/mol. The molecule has 2 aromatic carbocycles. The monoisotopic (exact) mass is 522 g/mol. The van der Waals surface area contributed by atoms with E-state index in [1.165, 1.54) is 62.8 Å². The Morgan fingerprint density at radius 2 is 1.43 bits per heavy atom. The minimum atomic E-state index is -2.69. The topological polar surface area (TPSA) is 27.7 Å². The van der Waals surface area contributed by atoms with Crippen LogP contribution in [0.15, 0.2) is 24.3 Å². The molecule has 30 heavy (non-hydrogen) atoms. The Hall–Kier alpha value is -0.941. The molecule has 0 bridgehead atoms. The van der Waals surface area contributed by atoms with Crippen molar-refractivity contribution >= 4 is 32.7 Å². The number of aryl methyl sites for hydroxylation is 1. The Morgan fingerprint density at radius 3 is 1.93 bits per heavy atom. The van der Waals surface area contributed by atoms with Crippen LogP contribution in [0.4, 0.5) is 0 Å². The van der Waals surface area contributed by atoms with Gasteiger partial charge in [0.15, 0.2) is 0 Å². The van der Waals surface area contributed by atoms with Crippen molar-refractivity contribution in [2.24, 2.45) is 0 Å². The maximum absolute atomic E-state index is 6.38. The van der Waals surface area contributed by atoms with Crippen LogP contribution in [0.25, 0.3) is 10.8 Å². The van der Waals surface area contributed by atoms with Gasteiger partial charge in [-0.05, 0) is 0 Å². The number of rotatable bonds is 14. The Labute approximate surface area is 188 Å². The molecule has 0 saturated carbocycles. The van der Waals surface area contributed by atoms with E-state index in [1.54, 1.807) is 17.8 Å².